The van der Waals surface area contributed by atoms with E-state index in [1.807, 2.05) is 0 Å². The minimum Gasteiger partial charge on any atom is -0.465 e. The van der Waals surface area contributed by atoms with Crippen LogP contribution in [0.2, 0.25) is 0 Å². The van der Waals surface area contributed by atoms with Crippen LogP contribution in [-0.2, 0) is 25.7 Å². The van der Waals surface area contributed by atoms with Crippen molar-refractivity contribution in [2.24, 2.45) is 5.73 Å². The van der Waals surface area contributed by atoms with E-state index in [0.29, 0.717) is 24.2 Å². The number of carbonyl (C=O) groups is 2. The van der Waals surface area contributed by atoms with Crippen LogP contribution in [0.25, 0.3) is 0 Å². The van der Waals surface area contributed by atoms with Crippen molar-refractivity contribution < 1.29 is 36.9 Å². The molecule has 1 fully saturated rings. The standard InChI is InChI=1S/C23H25F3N10O5/c24-23(25,26)20-8-15(31-41-20)11-35-12-17(29-33-35)18(36(22(38)39)16-4-2-1-3-5-16)6-13-9-34(32-28-13)10-14-7-19(21(27)37)40-30-14/h7-9,12,16,18H,1-6,10-11H2,(H2,27,37)(H,38,39). The summed E-state index contributed by atoms with van der Waals surface area (Å²) >= 11 is 0. The molecule has 5 rings (SSSR count). The van der Waals surface area contributed by atoms with Gasteiger partial charge in [-0.2, -0.15) is 13.2 Å². The second-order valence-electron chi connectivity index (χ2n) is 9.68. The lowest BCUT2D eigenvalue weighted by Gasteiger charge is -2.37. The Morgan fingerprint density at radius 3 is 2.29 bits per heavy atom. The summed E-state index contributed by atoms with van der Waals surface area (Å²) in [5.74, 6) is -2.10. The van der Waals surface area contributed by atoms with Crippen molar-refractivity contribution in [2.45, 2.75) is 69.9 Å². The second-order valence-corrected chi connectivity index (χ2v) is 9.68. The zero-order valence-electron chi connectivity index (χ0n) is 21.4. The summed E-state index contributed by atoms with van der Waals surface area (Å²) in [6.45, 7) is -0.0511. The first kappa shape index (κ1) is 27.8. The van der Waals surface area contributed by atoms with Gasteiger partial charge in [-0.05, 0) is 12.8 Å². The monoisotopic (exact) mass is 578 g/mol. The van der Waals surface area contributed by atoms with E-state index in [2.05, 4.69) is 35.5 Å². The summed E-state index contributed by atoms with van der Waals surface area (Å²) in [5, 5.41) is 33.8. The molecule has 15 nitrogen and oxygen atoms in total. The Morgan fingerprint density at radius 2 is 1.66 bits per heavy atom. The molecule has 0 saturated heterocycles. The third-order valence-corrected chi connectivity index (χ3v) is 6.70. The molecule has 1 saturated carbocycles. The van der Waals surface area contributed by atoms with E-state index in [-0.39, 0.29) is 42.7 Å². The van der Waals surface area contributed by atoms with Crippen LogP contribution in [0.4, 0.5) is 18.0 Å². The summed E-state index contributed by atoms with van der Waals surface area (Å²) < 4.78 is 50.6. The fourth-order valence-corrected chi connectivity index (χ4v) is 4.85. The second kappa shape index (κ2) is 11.4. The summed E-state index contributed by atoms with van der Waals surface area (Å²) in [5.41, 5.74) is 6.27. The predicted molar refractivity (Wildman–Crippen MR) is 128 cm³/mol. The summed E-state index contributed by atoms with van der Waals surface area (Å²) in [6.07, 6.45) is 1.46. The Balaban J connectivity index is 1.38. The van der Waals surface area contributed by atoms with Gasteiger partial charge in [-0.15, -0.1) is 10.2 Å². The number of carboxylic acid groups (broad SMARTS) is 1. The predicted octanol–water partition coefficient (Wildman–Crippen LogP) is 2.66. The highest BCUT2D eigenvalue weighted by atomic mass is 19.4. The van der Waals surface area contributed by atoms with Crippen LogP contribution in [0, 0.1) is 0 Å². The van der Waals surface area contributed by atoms with Gasteiger partial charge < -0.3 is 19.9 Å². The van der Waals surface area contributed by atoms with Gasteiger partial charge in [0.15, 0.2) is 0 Å². The highest BCUT2D eigenvalue weighted by Gasteiger charge is 2.37. The molecular formula is C23H25F3N10O5. The molecule has 2 amide bonds. The van der Waals surface area contributed by atoms with E-state index in [4.69, 9.17) is 10.3 Å². The van der Waals surface area contributed by atoms with Crippen LogP contribution in [0.1, 0.15) is 77.2 Å². The number of nitrogens with two attached hydrogens (primary N) is 1. The van der Waals surface area contributed by atoms with Gasteiger partial charge in [0, 0.05) is 30.8 Å². The van der Waals surface area contributed by atoms with Gasteiger partial charge in [0.25, 0.3) is 5.91 Å². The molecular weight excluding hydrogens is 553 g/mol. The average molecular weight is 579 g/mol. The number of rotatable bonds is 10. The first-order chi connectivity index (χ1) is 19.6. The minimum atomic E-state index is -4.68. The van der Waals surface area contributed by atoms with Crippen LogP contribution < -0.4 is 5.73 Å². The molecule has 4 heterocycles. The third kappa shape index (κ3) is 6.52. The molecule has 0 bridgehead atoms. The maximum Gasteiger partial charge on any atom is 0.452 e. The van der Waals surface area contributed by atoms with Gasteiger partial charge in [-0.3, -0.25) is 9.69 Å². The van der Waals surface area contributed by atoms with Gasteiger partial charge in [0.2, 0.25) is 11.5 Å². The van der Waals surface area contributed by atoms with Gasteiger partial charge in [0.1, 0.15) is 17.1 Å². The third-order valence-electron chi connectivity index (χ3n) is 6.70. The van der Waals surface area contributed by atoms with Crippen LogP contribution in [0.15, 0.2) is 33.6 Å². The van der Waals surface area contributed by atoms with E-state index in [0.717, 1.165) is 25.3 Å². The molecule has 0 aliphatic heterocycles. The fourth-order valence-electron chi connectivity index (χ4n) is 4.85. The number of halogens is 3. The Kier molecular flexibility index (Phi) is 7.71. The number of carbonyl (C=O) groups excluding carboxylic acids is 1. The summed E-state index contributed by atoms with van der Waals surface area (Å²) in [6, 6.07) is 1.07. The SMILES string of the molecule is NC(=O)c1cc(Cn2cc(CC(c3cn(Cc4cc(C(F)(F)F)on4)nn3)N(C(=O)O)C3CCCCC3)nn2)no1. The van der Waals surface area contributed by atoms with Crippen LogP contribution in [0.5, 0.6) is 0 Å². The number of aromatic nitrogens is 8. The molecule has 0 spiro atoms. The van der Waals surface area contributed by atoms with Gasteiger partial charge in [-0.25, -0.2) is 14.2 Å². The zero-order chi connectivity index (χ0) is 29.1. The molecule has 18 heteroatoms. The first-order valence-electron chi connectivity index (χ1n) is 12.7. The van der Waals surface area contributed by atoms with E-state index in [1.165, 1.54) is 26.5 Å². The molecule has 4 aromatic heterocycles. The molecule has 218 valence electrons. The first-order valence-corrected chi connectivity index (χ1v) is 12.7. The lowest BCUT2D eigenvalue weighted by atomic mass is 9.92. The van der Waals surface area contributed by atoms with Crippen molar-refractivity contribution in [2.75, 3.05) is 0 Å². The normalized spacial score (nSPS) is 15.2. The topological polar surface area (TPSA) is 197 Å². The highest BCUT2D eigenvalue weighted by molar-refractivity contribution is 5.89. The van der Waals surface area contributed by atoms with Gasteiger partial charge in [-0.1, -0.05) is 40.0 Å². The lowest BCUT2D eigenvalue weighted by molar-refractivity contribution is -0.155. The molecule has 0 radical (unpaired) electrons. The van der Waals surface area contributed by atoms with Crippen molar-refractivity contribution in [3.8, 4) is 0 Å². The van der Waals surface area contributed by atoms with E-state index in [1.54, 1.807) is 6.20 Å². The Labute approximate surface area is 229 Å². The van der Waals surface area contributed by atoms with Crippen LogP contribution in [0.3, 0.4) is 0 Å². The largest absolute Gasteiger partial charge is 0.465 e. The number of amides is 2. The number of hydrogen-bond donors (Lipinski definition) is 2. The molecule has 3 N–H and O–H groups in total. The smallest absolute Gasteiger partial charge is 0.452 e. The van der Waals surface area contributed by atoms with Crippen LogP contribution in [-0.4, -0.2) is 68.3 Å². The van der Waals surface area contributed by atoms with Crippen molar-refractivity contribution in [1.82, 2.24) is 45.2 Å². The van der Waals surface area contributed by atoms with E-state index < -0.39 is 30.0 Å². The molecule has 1 unspecified atom stereocenters. The van der Waals surface area contributed by atoms with Gasteiger partial charge in [0.05, 0.1) is 31.0 Å². The summed E-state index contributed by atoms with van der Waals surface area (Å²) in [4.78, 5) is 25.2. The molecule has 1 aliphatic carbocycles. The Morgan fingerprint density at radius 1 is 1.00 bits per heavy atom. The molecule has 1 aliphatic rings. The summed E-state index contributed by atoms with van der Waals surface area (Å²) in [7, 11) is 0. The fraction of sp³-hybridized carbons (Fsp3) is 0.478. The van der Waals surface area contributed by atoms with Crippen molar-refractivity contribution in [1.29, 1.82) is 0 Å². The minimum absolute atomic E-state index is 0.0250. The van der Waals surface area contributed by atoms with E-state index >= 15 is 0 Å². The van der Waals surface area contributed by atoms with Crippen LogP contribution >= 0.6 is 0 Å². The van der Waals surface area contributed by atoms with Crippen molar-refractivity contribution in [3.05, 3.63) is 58.8 Å². The maximum absolute atomic E-state index is 12.9. The van der Waals surface area contributed by atoms with E-state index in [9.17, 15) is 27.9 Å². The molecule has 41 heavy (non-hydrogen) atoms. The average Bonchev–Trinajstić information content (AvgIpc) is 3.72. The lowest BCUT2D eigenvalue weighted by Crippen LogP contribution is -2.44. The Hall–Kier alpha value is -4.77. The number of primary amides is 1. The molecule has 4 aromatic rings. The highest BCUT2D eigenvalue weighted by Crippen LogP contribution is 2.32. The number of hydrogen-bond acceptors (Lipinski definition) is 10. The molecule has 1 atom stereocenters. The van der Waals surface area contributed by atoms with Crippen molar-refractivity contribution >= 4 is 12.0 Å². The quantitative estimate of drug-likeness (QED) is 0.280. The Bertz CT molecular complexity index is 1500. The molecule has 0 aromatic carbocycles. The number of alkyl halides is 3. The van der Waals surface area contributed by atoms with Crippen molar-refractivity contribution in [3.63, 3.8) is 0 Å². The maximum atomic E-state index is 12.9. The number of nitrogens with zero attached hydrogens (tertiary/aromatic N) is 9. The zero-order valence-corrected chi connectivity index (χ0v) is 21.4. The van der Waals surface area contributed by atoms with Gasteiger partial charge >= 0.3 is 12.3 Å².